The molecule has 1 saturated carbocycles. The first-order chi connectivity index (χ1) is 7.42. The molecule has 1 rings (SSSR count). The first-order valence-corrected chi connectivity index (χ1v) is 8.06. The van der Waals surface area contributed by atoms with Gasteiger partial charge in [0.2, 0.25) is 0 Å². The van der Waals surface area contributed by atoms with Crippen LogP contribution in [0.3, 0.4) is 0 Å². The highest BCUT2D eigenvalue weighted by molar-refractivity contribution is 7.91. The van der Waals surface area contributed by atoms with Crippen molar-refractivity contribution in [1.29, 1.82) is 0 Å². The van der Waals surface area contributed by atoms with Gasteiger partial charge in [0.15, 0.2) is 9.84 Å². The summed E-state index contributed by atoms with van der Waals surface area (Å²) in [4.78, 5) is 0. The molecular weight excluding hydrogens is 222 g/mol. The van der Waals surface area contributed by atoms with Gasteiger partial charge in [0, 0.05) is 6.54 Å². The van der Waals surface area contributed by atoms with E-state index in [0.29, 0.717) is 5.75 Å². The number of rotatable bonds is 7. The van der Waals surface area contributed by atoms with Gasteiger partial charge in [-0.1, -0.05) is 13.3 Å². The molecule has 1 aliphatic rings. The van der Waals surface area contributed by atoms with Crippen LogP contribution in [-0.4, -0.2) is 32.5 Å². The Morgan fingerprint density at radius 1 is 1.31 bits per heavy atom. The van der Waals surface area contributed by atoms with E-state index in [0.717, 1.165) is 19.5 Å². The summed E-state index contributed by atoms with van der Waals surface area (Å²) in [7, 11) is -2.86. The minimum Gasteiger partial charge on any atom is -0.316 e. The van der Waals surface area contributed by atoms with E-state index in [1.54, 1.807) is 13.8 Å². The molecule has 0 bridgehead atoms. The zero-order chi connectivity index (χ0) is 12.2. The smallest absolute Gasteiger partial charge is 0.152 e. The fourth-order valence-corrected chi connectivity index (χ4v) is 3.37. The van der Waals surface area contributed by atoms with Gasteiger partial charge in [-0.3, -0.25) is 0 Å². The van der Waals surface area contributed by atoms with Crippen LogP contribution >= 0.6 is 0 Å². The van der Waals surface area contributed by atoms with Gasteiger partial charge in [-0.15, -0.1) is 0 Å². The van der Waals surface area contributed by atoms with E-state index in [1.807, 2.05) is 0 Å². The van der Waals surface area contributed by atoms with Crippen molar-refractivity contribution < 1.29 is 8.42 Å². The van der Waals surface area contributed by atoms with Crippen molar-refractivity contribution >= 4 is 9.84 Å². The van der Waals surface area contributed by atoms with Crippen molar-refractivity contribution in [2.75, 3.05) is 18.8 Å². The maximum atomic E-state index is 11.8. The lowest BCUT2D eigenvalue weighted by Crippen LogP contribution is -2.41. The van der Waals surface area contributed by atoms with Crippen LogP contribution in [0.5, 0.6) is 0 Å². The molecule has 1 aliphatic carbocycles. The Morgan fingerprint density at radius 3 is 2.31 bits per heavy atom. The fourth-order valence-electron chi connectivity index (χ4n) is 2.18. The number of hydrogen-bond acceptors (Lipinski definition) is 3. The summed E-state index contributed by atoms with van der Waals surface area (Å²) in [5.41, 5.74) is 0.276. The third-order valence-electron chi connectivity index (χ3n) is 3.80. The van der Waals surface area contributed by atoms with E-state index >= 15 is 0 Å². The second kappa shape index (κ2) is 5.50. The molecule has 16 heavy (non-hydrogen) atoms. The van der Waals surface area contributed by atoms with E-state index in [-0.39, 0.29) is 10.7 Å². The lowest BCUT2D eigenvalue weighted by molar-refractivity contribution is 0.126. The third-order valence-corrected chi connectivity index (χ3v) is 6.01. The summed E-state index contributed by atoms with van der Waals surface area (Å²) in [6.07, 6.45) is 4.47. The van der Waals surface area contributed by atoms with Gasteiger partial charge in [-0.2, -0.15) is 0 Å². The van der Waals surface area contributed by atoms with E-state index in [1.165, 1.54) is 19.3 Å². The van der Waals surface area contributed by atoms with E-state index < -0.39 is 9.84 Å². The molecule has 1 N–H and O–H groups in total. The summed E-state index contributed by atoms with van der Waals surface area (Å²) in [5.74, 6) is 0.357. The van der Waals surface area contributed by atoms with Crippen molar-refractivity contribution in [3.63, 3.8) is 0 Å². The van der Waals surface area contributed by atoms with Crippen LogP contribution in [0.15, 0.2) is 0 Å². The summed E-state index contributed by atoms with van der Waals surface area (Å²) in [6, 6.07) is 0. The van der Waals surface area contributed by atoms with Gasteiger partial charge in [-0.25, -0.2) is 8.42 Å². The topological polar surface area (TPSA) is 46.2 Å². The molecule has 0 atom stereocenters. The molecule has 0 aromatic carbocycles. The van der Waals surface area contributed by atoms with Crippen molar-refractivity contribution in [3.8, 4) is 0 Å². The Morgan fingerprint density at radius 2 is 1.94 bits per heavy atom. The van der Waals surface area contributed by atoms with Crippen molar-refractivity contribution in [3.05, 3.63) is 0 Å². The SMILES string of the molecule is CCNCC1(CCS(=O)(=O)C(C)C)CCC1. The molecule has 0 unspecified atom stereocenters. The van der Waals surface area contributed by atoms with Crippen molar-refractivity contribution in [1.82, 2.24) is 5.32 Å². The largest absolute Gasteiger partial charge is 0.316 e. The van der Waals surface area contributed by atoms with Gasteiger partial charge in [0.05, 0.1) is 11.0 Å². The Labute approximate surface area is 99.9 Å². The van der Waals surface area contributed by atoms with Gasteiger partial charge in [0.25, 0.3) is 0 Å². The monoisotopic (exact) mass is 247 g/mol. The zero-order valence-corrected chi connectivity index (χ0v) is 11.6. The average molecular weight is 247 g/mol. The van der Waals surface area contributed by atoms with Crippen LogP contribution in [0.25, 0.3) is 0 Å². The molecule has 0 aliphatic heterocycles. The Hall–Kier alpha value is -0.0900. The second-order valence-electron chi connectivity index (χ2n) is 5.30. The van der Waals surface area contributed by atoms with Crippen LogP contribution in [-0.2, 0) is 9.84 Å². The van der Waals surface area contributed by atoms with Crippen LogP contribution in [0.1, 0.15) is 46.5 Å². The van der Waals surface area contributed by atoms with Crippen LogP contribution < -0.4 is 5.32 Å². The predicted molar refractivity (Wildman–Crippen MR) is 68.4 cm³/mol. The van der Waals surface area contributed by atoms with E-state index in [2.05, 4.69) is 12.2 Å². The third kappa shape index (κ3) is 3.45. The minimum absolute atomic E-state index is 0.233. The second-order valence-corrected chi connectivity index (χ2v) is 7.98. The number of sulfone groups is 1. The van der Waals surface area contributed by atoms with E-state index in [4.69, 9.17) is 0 Å². The van der Waals surface area contributed by atoms with Crippen molar-refractivity contribution in [2.24, 2.45) is 5.41 Å². The molecule has 3 nitrogen and oxygen atoms in total. The lowest BCUT2D eigenvalue weighted by Gasteiger charge is -2.42. The molecule has 0 heterocycles. The quantitative estimate of drug-likeness (QED) is 0.748. The molecular formula is C12H25NO2S. The van der Waals surface area contributed by atoms with Gasteiger partial charge in [0.1, 0.15) is 0 Å². The van der Waals surface area contributed by atoms with Crippen LogP contribution in [0, 0.1) is 5.41 Å². The Balaban J connectivity index is 2.46. The van der Waals surface area contributed by atoms with Gasteiger partial charge in [-0.05, 0) is 45.1 Å². The summed E-state index contributed by atoms with van der Waals surface area (Å²) >= 11 is 0. The summed E-state index contributed by atoms with van der Waals surface area (Å²) < 4.78 is 23.5. The van der Waals surface area contributed by atoms with Gasteiger partial charge < -0.3 is 5.32 Å². The highest BCUT2D eigenvalue weighted by Gasteiger charge is 2.37. The first-order valence-electron chi connectivity index (χ1n) is 6.34. The van der Waals surface area contributed by atoms with Crippen LogP contribution in [0.4, 0.5) is 0 Å². The molecule has 0 saturated heterocycles. The fraction of sp³-hybridized carbons (Fsp3) is 1.00. The Kier molecular flexibility index (Phi) is 4.80. The molecule has 4 heteroatoms. The maximum absolute atomic E-state index is 11.8. The molecule has 96 valence electrons. The van der Waals surface area contributed by atoms with E-state index in [9.17, 15) is 8.42 Å². The molecule has 0 aromatic heterocycles. The van der Waals surface area contributed by atoms with Crippen molar-refractivity contribution in [2.45, 2.75) is 51.7 Å². The highest BCUT2D eigenvalue weighted by atomic mass is 32.2. The maximum Gasteiger partial charge on any atom is 0.152 e. The first kappa shape index (κ1) is 14.0. The highest BCUT2D eigenvalue weighted by Crippen LogP contribution is 2.43. The Bertz CT molecular complexity index is 305. The molecule has 0 aromatic rings. The number of hydrogen-bond donors (Lipinski definition) is 1. The zero-order valence-electron chi connectivity index (χ0n) is 10.8. The lowest BCUT2D eigenvalue weighted by atomic mass is 9.67. The molecule has 1 fully saturated rings. The summed E-state index contributed by atoms with van der Waals surface area (Å²) in [5, 5.41) is 3.13. The molecule has 0 spiro atoms. The predicted octanol–water partition coefficient (Wildman–Crippen LogP) is 1.98. The molecule has 0 radical (unpaired) electrons. The normalized spacial score (nSPS) is 19.8. The summed E-state index contributed by atoms with van der Waals surface area (Å²) in [6.45, 7) is 7.59. The standard InChI is InChI=1S/C12H25NO2S/c1-4-13-10-12(6-5-7-12)8-9-16(14,15)11(2)3/h11,13H,4-10H2,1-3H3. The van der Waals surface area contributed by atoms with Gasteiger partial charge >= 0.3 is 0 Å². The minimum atomic E-state index is -2.86. The average Bonchev–Trinajstić information content (AvgIpc) is 2.15. The van der Waals surface area contributed by atoms with Crippen LogP contribution in [0.2, 0.25) is 0 Å². The molecule has 0 amide bonds. The number of nitrogens with one attached hydrogen (secondary N) is 1.